The number of hydrogen-bond acceptors (Lipinski definition) is 6. The van der Waals surface area contributed by atoms with Crippen molar-refractivity contribution in [2.75, 3.05) is 23.8 Å². The molecule has 0 radical (unpaired) electrons. The Morgan fingerprint density at radius 3 is 2.77 bits per heavy atom. The molecule has 2 aliphatic heterocycles. The van der Waals surface area contributed by atoms with Gasteiger partial charge in [0.25, 0.3) is 5.91 Å². The van der Waals surface area contributed by atoms with E-state index in [-0.39, 0.29) is 11.9 Å². The summed E-state index contributed by atoms with van der Waals surface area (Å²) < 4.78 is 11.4. The molecule has 0 saturated carbocycles. The van der Waals surface area contributed by atoms with Crippen LogP contribution in [0.1, 0.15) is 22.2 Å². The highest BCUT2D eigenvalue weighted by molar-refractivity contribution is 7.21. The Hall–Kier alpha value is -3.32. The topological polar surface area (TPSA) is 77.7 Å². The predicted octanol–water partition coefficient (Wildman–Crippen LogP) is 4.39. The van der Waals surface area contributed by atoms with Crippen molar-refractivity contribution in [1.29, 1.82) is 0 Å². The summed E-state index contributed by atoms with van der Waals surface area (Å²) in [5.74, 6) is 1.34. The summed E-state index contributed by atoms with van der Waals surface area (Å²) in [5.41, 5.74) is 9.91. The van der Waals surface area contributed by atoms with E-state index in [2.05, 4.69) is 13.0 Å². The molecule has 2 aliphatic rings. The van der Waals surface area contributed by atoms with Crippen LogP contribution in [0.15, 0.2) is 42.5 Å². The fraction of sp³-hybridized carbons (Fsp3) is 0.217. The molecule has 4 heterocycles. The molecule has 6 rings (SSSR count). The number of anilines is 2. The van der Waals surface area contributed by atoms with Crippen LogP contribution in [-0.4, -0.2) is 30.1 Å². The standard InChI is InChI=1S/C23H19N3O3S/c1-12-8-13-4-2-3-5-17(13)26(12)23(27)21-20(24)15-9-14-10-18-19(29-7-6-28-18)11-16(14)25-22(15)30-21/h2-5,9-12H,6-8,24H2,1H3/t12-/m0/s1. The van der Waals surface area contributed by atoms with Crippen molar-refractivity contribution < 1.29 is 14.3 Å². The van der Waals surface area contributed by atoms with Gasteiger partial charge in [-0.3, -0.25) is 4.79 Å². The van der Waals surface area contributed by atoms with Crippen molar-refractivity contribution in [2.45, 2.75) is 19.4 Å². The second-order valence-electron chi connectivity index (χ2n) is 7.73. The minimum Gasteiger partial charge on any atom is -0.486 e. The van der Waals surface area contributed by atoms with Gasteiger partial charge in [0, 0.05) is 28.6 Å². The van der Waals surface area contributed by atoms with Crippen LogP contribution in [0.3, 0.4) is 0 Å². The number of rotatable bonds is 1. The molecule has 0 aliphatic carbocycles. The molecule has 0 unspecified atom stereocenters. The van der Waals surface area contributed by atoms with Gasteiger partial charge in [-0.05, 0) is 37.1 Å². The van der Waals surface area contributed by atoms with E-state index in [1.807, 2.05) is 41.3 Å². The maximum absolute atomic E-state index is 13.5. The average Bonchev–Trinajstić information content (AvgIpc) is 3.26. The molecule has 30 heavy (non-hydrogen) atoms. The lowest BCUT2D eigenvalue weighted by molar-refractivity contribution is 0.0986. The van der Waals surface area contributed by atoms with Crippen molar-refractivity contribution >= 4 is 49.7 Å². The van der Waals surface area contributed by atoms with Crippen molar-refractivity contribution in [3.63, 3.8) is 0 Å². The minimum atomic E-state index is -0.0667. The number of carbonyl (C=O) groups excluding carboxylic acids is 1. The number of nitrogens with zero attached hydrogens (tertiary/aromatic N) is 2. The predicted molar refractivity (Wildman–Crippen MR) is 119 cm³/mol. The van der Waals surface area contributed by atoms with E-state index in [9.17, 15) is 4.79 Å². The van der Waals surface area contributed by atoms with Crippen LogP contribution in [0.2, 0.25) is 0 Å². The van der Waals surface area contributed by atoms with E-state index in [4.69, 9.17) is 20.2 Å². The van der Waals surface area contributed by atoms with Crippen LogP contribution < -0.4 is 20.1 Å². The van der Waals surface area contributed by atoms with Crippen molar-refractivity contribution in [3.05, 3.63) is 52.9 Å². The lowest BCUT2D eigenvalue weighted by Gasteiger charge is -2.22. The first-order chi connectivity index (χ1) is 14.6. The van der Waals surface area contributed by atoms with Gasteiger partial charge in [-0.15, -0.1) is 11.3 Å². The summed E-state index contributed by atoms with van der Waals surface area (Å²) in [6.45, 7) is 3.13. The highest BCUT2D eigenvalue weighted by atomic mass is 32.1. The number of hydrogen-bond donors (Lipinski definition) is 1. The maximum Gasteiger partial charge on any atom is 0.270 e. The molecule has 150 valence electrons. The molecule has 2 aromatic carbocycles. The molecule has 2 N–H and O–H groups in total. The molecule has 0 bridgehead atoms. The second kappa shape index (κ2) is 6.34. The van der Waals surface area contributed by atoms with E-state index in [1.54, 1.807) is 0 Å². The first-order valence-corrected chi connectivity index (χ1v) is 10.8. The summed E-state index contributed by atoms with van der Waals surface area (Å²) in [6, 6.07) is 13.9. The molecule has 0 spiro atoms. The maximum atomic E-state index is 13.5. The van der Waals surface area contributed by atoms with E-state index in [1.165, 1.54) is 16.9 Å². The molecular formula is C23H19N3O3S. The van der Waals surface area contributed by atoms with Crippen molar-refractivity contribution in [3.8, 4) is 11.5 Å². The largest absolute Gasteiger partial charge is 0.486 e. The van der Waals surface area contributed by atoms with Gasteiger partial charge in [0.1, 0.15) is 22.9 Å². The molecule has 4 aromatic rings. The quantitative estimate of drug-likeness (QED) is 0.497. The van der Waals surface area contributed by atoms with Crippen molar-refractivity contribution in [2.24, 2.45) is 0 Å². The lowest BCUT2D eigenvalue weighted by atomic mass is 10.1. The van der Waals surface area contributed by atoms with E-state index in [0.717, 1.165) is 33.2 Å². The lowest BCUT2D eigenvalue weighted by Crippen LogP contribution is -2.35. The second-order valence-corrected chi connectivity index (χ2v) is 8.73. The molecule has 1 amide bonds. The van der Waals surface area contributed by atoms with Gasteiger partial charge in [-0.1, -0.05) is 18.2 Å². The van der Waals surface area contributed by atoms with Gasteiger partial charge in [0.2, 0.25) is 0 Å². The van der Waals surface area contributed by atoms with Gasteiger partial charge in [0.05, 0.1) is 11.2 Å². The summed E-state index contributed by atoms with van der Waals surface area (Å²) in [5, 5.41) is 1.71. The number of fused-ring (bicyclic) bond motifs is 4. The molecule has 7 heteroatoms. The number of ether oxygens (including phenoxy) is 2. The van der Waals surface area contributed by atoms with E-state index in [0.29, 0.717) is 35.3 Å². The summed E-state index contributed by atoms with van der Waals surface area (Å²) in [4.78, 5) is 21.4. The number of amides is 1. The molecule has 2 aromatic heterocycles. The summed E-state index contributed by atoms with van der Waals surface area (Å²) in [7, 11) is 0. The Morgan fingerprint density at radius 2 is 1.93 bits per heavy atom. The van der Waals surface area contributed by atoms with Gasteiger partial charge in [-0.25, -0.2) is 4.98 Å². The number of para-hydroxylation sites is 1. The highest BCUT2D eigenvalue weighted by Crippen LogP contribution is 2.41. The number of aromatic nitrogens is 1. The zero-order valence-electron chi connectivity index (χ0n) is 16.3. The average molecular weight is 417 g/mol. The van der Waals surface area contributed by atoms with E-state index < -0.39 is 0 Å². The third kappa shape index (κ3) is 2.48. The number of carbonyl (C=O) groups is 1. The first-order valence-electron chi connectivity index (χ1n) is 9.94. The fourth-order valence-electron chi connectivity index (χ4n) is 4.38. The van der Waals surface area contributed by atoms with Crippen LogP contribution in [0.25, 0.3) is 21.1 Å². The zero-order chi connectivity index (χ0) is 20.4. The van der Waals surface area contributed by atoms with Gasteiger partial charge in [-0.2, -0.15) is 0 Å². The number of nitrogens with two attached hydrogens (primary N) is 1. The molecule has 1 atom stereocenters. The highest BCUT2D eigenvalue weighted by Gasteiger charge is 2.33. The van der Waals surface area contributed by atoms with Crippen LogP contribution in [0.4, 0.5) is 11.4 Å². The number of thiophene rings is 1. The van der Waals surface area contributed by atoms with Crippen molar-refractivity contribution in [1.82, 2.24) is 4.98 Å². The Morgan fingerprint density at radius 1 is 1.17 bits per heavy atom. The van der Waals surface area contributed by atoms with Gasteiger partial charge in [0.15, 0.2) is 11.5 Å². The van der Waals surface area contributed by atoms with Crippen LogP contribution in [-0.2, 0) is 6.42 Å². The van der Waals surface area contributed by atoms with Gasteiger partial charge >= 0.3 is 0 Å². The van der Waals surface area contributed by atoms with Gasteiger partial charge < -0.3 is 20.1 Å². The smallest absolute Gasteiger partial charge is 0.270 e. The number of benzene rings is 2. The summed E-state index contributed by atoms with van der Waals surface area (Å²) >= 11 is 1.35. The minimum absolute atomic E-state index is 0.0667. The normalized spacial score (nSPS) is 17.5. The Balaban J connectivity index is 1.48. The first kappa shape index (κ1) is 17.5. The Labute approximate surface area is 176 Å². The number of nitrogen functional groups attached to an aromatic ring is 1. The molecular weight excluding hydrogens is 398 g/mol. The monoisotopic (exact) mass is 417 g/mol. The molecule has 0 fully saturated rings. The van der Waals surface area contributed by atoms with Crippen LogP contribution in [0.5, 0.6) is 11.5 Å². The Bertz CT molecular complexity index is 1350. The molecule has 6 nitrogen and oxygen atoms in total. The van der Waals surface area contributed by atoms with E-state index >= 15 is 0 Å². The third-order valence-electron chi connectivity index (χ3n) is 5.80. The molecule has 0 saturated heterocycles. The summed E-state index contributed by atoms with van der Waals surface area (Å²) in [6.07, 6.45) is 0.848. The number of pyridine rings is 1. The van der Waals surface area contributed by atoms with Crippen LogP contribution in [0, 0.1) is 0 Å². The Kier molecular flexibility index (Phi) is 3.70. The third-order valence-corrected chi connectivity index (χ3v) is 6.90. The SMILES string of the molecule is C[C@H]1Cc2ccccc2N1C(=O)c1sc2nc3cc4c(cc3cc2c1N)OCCO4. The fourth-order valence-corrected chi connectivity index (χ4v) is 5.40. The zero-order valence-corrected chi connectivity index (χ0v) is 17.2. The van der Waals surface area contributed by atoms with Crippen LogP contribution >= 0.6 is 11.3 Å².